The Balaban J connectivity index is 1.88. The van der Waals surface area contributed by atoms with Crippen LogP contribution >= 0.6 is 0 Å². The number of benzene rings is 1. The molecule has 1 aromatic carbocycles. The molecule has 1 aliphatic heterocycles. The Kier molecular flexibility index (Phi) is 5.02. The van der Waals surface area contributed by atoms with Crippen LogP contribution in [0.4, 0.5) is 4.79 Å². The van der Waals surface area contributed by atoms with E-state index in [0.717, 1.165) is 12.0 Å². The molecule has 1 unspecified atom stereocenters. The quantitative estimate of drug-likeness (QED) is 0.866. The van der Waals surface area contributed by atoms with Gasteiger partial charge >= 0.3 is 6.03 Å². The van der Waals surface area contributed by atoms with Crippen molar-refractivity contribution in [1.82, 2.24) is 20.0 Å². The van der Waals surface area contributed by atoms with Crippen LogP contribution in [0, 0.1) is 0 Å². The van der Waals surface area contributed by atoms with E-state index in [1.807, 2.05) is 42.1 Å². The van der Waals surface area contributed by atoms with Crippen LogP contribution in [0.5, 0.6) is 0 Å². The lowest BCUT2D eigenvalue weighted by Gasteiger charge is -2.36. The average molecular weight is 341 g/mol. The summed E-state index contributed by atoms with van der Waals surface area (Å²) < 4.78 is 1.87. The van der Waals surface area contributed by atoms with Crippen LogP contribution in [0.3, 0.4) is 0 Å². The first-order valence-electron chi connectivity index (χ1n) is 8.51. The van der Waals surface area contributed by atoms with Gasteiger partial charge in [-0.15, -0.1) is 0 Å². The molecule has 0 fully saturated rings. The number of aromatic nitrogens is 2. The van der Waals surface area contributed by atoms with Gasteiger partial charge in [0.2, 0.25) is 5.91 Å². The van der Waals surface area contributed by atoms with Crippen molar-refractivity contribution in [3.63, 3.8) is 0 Å². The second kappa shape index (κ2) is 7.38. The van der Waals surface area contributed by atoms with Crippen LogP contribution in [-0.4, -0.2) is 39.2 Å². The molecule has 2 heterocycles. The van der Waals surface area contributed by atoms with Crippen molar-refractivity contribution >= 4 is 11.9 Å². The van der Waals surface area contributed by atoms with Gasteiger partial charge in [0.1, 0.15) is 6.04 Å². The number of amides is 3. The molecule has 3 amide bonds. The number of nitrogens with one attached hydrogen (secondary N) is 1. The van der Waals surface area contributed by atoms with E-state index in [-0.39, 0.29) is 11.9 Å². The van der Waals surface area contributed by atoms with E-state index < -0.39 is 12.1 Å². The van der Waals surface area contributed by atoms with Crippen LogP contribution in [0.15, 0.2) is 42.7 Å². The smallest absolute Gasteiger partial charge is 0.312 e. The summed E-state index contributed by atoms with van der Waals surface area (Å²) in [6.45, 7) is 3.01. The van der Waals surface area contributed by atoms with Crippen molar-refractivity contribution in [3.05, 3.63) is 53.9 Å². The van der Waals surface area contributed by atoms with Gasteiger partial charge in [-0.25, -0.2) is 4.79 Å². The normalized spacial score (nSPS) is 17.6. The summed E-state index contributed by atoms with van der Waals surface area (Å²) in [5.74, 6) is -0.104. The number of primary amides is 1. The molecule has 3 rings (SSSR count). The summed E-state index contributed by atoms with van der Waals surface area (Å²) in [5, 5.41) is 6.93. The number of rotatable bonds is 5. The molecule has 0 radical (unpaired) electrons. The molecule has 3 N–H and O–H groups in total. The molecule has 0 saturated carbocycles. The highest BCUT2D eigenvalue weighted by Gasteiger charge is 2.32. The average Bonchev–Trinajstić information content (AvgIpc) is 3.14. The topological polar surface area (TPSA) is 93.2 Å². The minimum Gasteiger partial charge on any atom is -0.352 e. The number of carbonyl (C=O) groups is 2. The number of hydrogen-bond acceptors (Lipinski definition) is 3. The molecule has 0 aliphatic carbocycles. The molecule has 0 saturated heterocycles. The standard InChI is InChI=1S/C18H23N5O2/c1-2-6-15(21-18(19)25)17(24)22-11-13-7-3-4-8-14(13)16(12-22)23-10-5-9-20-23/h3-5,7-10,15-16H,2,6,11-12H2,1H3,(H3,19,21,25)/t15-,16?/m1/s1. The van der Waals surface area contributed by atoms with E-state index in [1.54, 1.807) is 11.1 Å². The van der Waals surface area contributed by atoms with E-state index in [1.165, 1.54) is 5.56 Å². The lowest BCUT2D eigenvalue weighted by molar-refractivity contribution is -0.134. The molecule has 0 bridgehead atoms. The van der Waals surface area contributed by atoms with Gasteiger partial charge < -0.3 is 16.0 Å². The third kappa shape index (κ3) is 3.65. The lowest BCUT2D eigenvalue weighted by atomic mass is 9.94. The van der Waals surface area contributed by atoms with Gasteiger partial charge in [0.25, 0.3) is 0 Å². The maximum atomic E-state index is 13.0. The highest BCUT2D eigenvalue weighted by Crippen LogP contribution is 2.29. The minimum atomic E-state index is -0.673. The van der Waals surface area contributed by atoms with Crippen LogP contribution in [0.1, 0.15) is 36.9 Å². The molecule has 1 aromatic heterocycles. The van der Waals surface area contributed by atoms with Gasteiger partial charge in [0, 0.05) is 25.5 Å². The molecule has 7 nitrogen and oxygen atoms in total. The van der Waals surface area contributed by atoms with Crippen molar-refractivity contribution in [2.75, 3.05) is 6.54 Å². The second-order valence-electron chi connectivity index (χ2n) is 6.27. The maximum absolute atomic E-state index is 13.0. The summed E-state index contributed by atoms with van der Waals surface area (Å²) in [6.07, 6.45) is 4.98. The van der Waals surface area contributed by atoms with Gasteiger partial charge in [-0.3, -0.25) is 9.48 Å². The zero-order valence-electron chi connectivity index (χ0n) is 14.3. The predicted octanol–water partition coefficient (Wildman–Crippen LogP) is 1.65. The Labute approximate surface area is 146 Å². The SMILES string of the molecule is CCC[C@@H](NC(N)=O)C(=O)N1Cc2ccccc2C(n2cccn2)C1. The van der Waals surface area contributed by atoms with Crippen LogP contribution < -0.4 is 11.1 Å². The van der Waals surface area contributed by atoms with Crippen molar-refractivity contribution < 1.29 is 9.59 Å². The number of nitrogens with two attached hydrogens (primary N) is 1. The van der Waals surface area contributed by atoms with E-state index in [2.05, 4.69) is 16.5 Å². The summed E-state index contributed by atoms with van der Waals surface area (Å²) >= 11 is 0. The zero-order valence-corrected chi connectivity index (χ0v) is 14.3. The van der Waals surface area contributed by atoms with Gasteiger partial charge in [0.05, 0.1) is 6.04 Å². The van der Waals surface area contributed by atoms with E-state index in [4.69, 9.17) is 5.73 Å². The molecule has 0 spiro atoms. The fourth-order valence-electron chi connectivity index (χ4n) is 3.38. The summed E-state index contributed by atoms with van der Waals surface area (Å²) in [4.78, 5) is 26.0. The molecule has 2 aromatic rings. The Hall–Kier alpha value is -2.83. The Morgan fingerprint density at radius 3 is 2.84 bits per heavy atom. The molecule has 1 aliphatic rings. The van der Waals surface area contributed by atoms with Crippen LogP contribution in [0.2, 0.25) is 0 Å². The fraction of sp³-hybridized carbons (Fsp3) is 0.389. The first-order valence-corrected chi connectivity index (χ1v) is 8.51. The molecular weight excluding hydrogens is 318 g/mol. The van der Waals surface area contributed by atoms with Gasteiger partial charge in [-0.2, -0.15) is 5.10 Å². The number of urea groups is 1. The fourth-order valence-corrected chi connectivity index (χ4v) is 3.38. The van der Waals surface area contributed by atoms with Crippen molar-refractivity contribution in [2.24, 2.45) is 5.73 Å². The van der Waals surface area contributed by atoms with E-state index in [0.29, 0.717) is 19.5 Å². The zero-order chi connectivity index (χ0) is 17.8. The number of hydrogen-bond donors (Lipinski definition) is 2. The van der Waals surface area contributed by atoms with E-state index >= 15 is 0 Å². The summed E-state index contributed by atoms with van der Waals surface area (Å²) in [6, 6.07) is 8.65. The first kappa shape index (κ1) is 17.0. The molecular formula is C18H23N5O2. The van der Waals surface area contributed by atoms with Crippen LogP contribution in [-0.2, 0) is 11.3 Å². The van der Waals surface area contributed by atoms with Gasteiger partial charge in [-0.1, -0.05) is 37.6 Å². The lowest BCUT2D eigenvalue weighted by Crippen LogP contribution is -2.52. The second-order valence-corrected chi connectivity index (χ2v) is 6.27. The Morgan fingerprint density at radius 1 is 1.36 bits per heavy atom. The first-order chi connectivity index (χ1) is 12.1. The largest absolute Gasteiger partial charge is 0.352 e. The van der Waals surface area contributed by atoms with Crippen LogP contribution in [0.25, 0.3) is 0 Å². The maximum Gasteiger partial charge on any atom is 0.312 e. The number of nitrogens with zero attached hydrogens (tertiary/aromatic N) is 3. The van der Waals surface area contributed by atoms with Gasteiger partial charge in [0.15, 0.2) is 0 Å². The van der Waals surface area contributed by atoms with Crippen molar-refractivity contribution in [2.45, 2.75) is 38.4 Å². The number of fused-ring (bicyclic) bond motifs is 1. The monoisotopic (exact) mass is 341 g/mol. The van der Waals surface area contributed by atoms with Crippen molar-refractivity contribution in [1.29, 1.82) is 0 Å². The number of carbonyl (C=O) groups excluding carboxylic acids is 2. The predicted molar refractivity (Wildman–Crippen MR) is 93.6 cm³/mol. The Bertz CT molecular complexity index is 744. The summed E-state index contributed by atoms with van der Waals surface area (Å²) in [5.41, 5.74) is 7.50. The molecule has 132 valence electrons. The minimum absolute atomic E-state index is 0.0419. The summed E-state index contributed by atoms with van der Waals surface area (Å²) in [7, 11) is 0. The molecule has 25 heavy (non-hydrogen) atoms. The third-order valence-electron chi connectivity index (χ3n) is 4.52. The highest BCUT2D eigenvalue weighted by atomic mass is 16.2. The highest BCUT2D eigenvalue weighted by molar-refractivity contribution is 5.86. The Morgan fingerprint density at radius 2 is 2.16 bits per heavy atom. The molecule has 7 heteroatoms. The van der Waals surface area contributed by atoms with Gasteiger partial charge in [-0.05, 0) is 23.6 Å². The molecule has 2 atom stereocenters. The van der Waals surface area contributed by atoms with E-state index in [9.17, 15) is 9.59 Å². The third-order valence-corrected chi connectivity index (χ3v) is 4.52. The van der Waals surface area contributed by atoms with Crippen molar-refractivity contribution in [3.8, 4) is 0 Å².